The largest absolute Gasteiger partial charge is 0.398 e. The molecule has 0 fully saturated rings. The molecule has 98 valence electrons. The fourth-order valence-corrected chi connectivity index (χ4v) is 1.99. The quantitative estimate of drug-likeness (QED) is 0.628. The molecule has 7 heteroatoms. The number of carbonyl (C=O) groups is 1. The summed E-state index contributed by atoms with van der Waals surface area (Å²) in [6.07, 6.45) is 1.54. The molecule has 1 aromatic carbocycles. The summed E-state index contributed by atoms with van der Waals surface area (Å²) in [5, 5.41) is 3.26. The van der Waals surface area contributed by atoms with Crippen molar-refractivity contribution in [2.75, 3.05) is 11.1 Å². The first-order valence-corrected chi connectivity index (χ1v) is 6.69. The van der Waals surface area contributed by atoms with Crippen LogP contribution < -0.4 is 11.1 Å². The van der Waals surface area contributed by atoms with E-state index >= 15 is 0 Å². The van der Waals surface area contributed by atoms with E-state index in [1.54, 1.807) is 18.2 Å². The first-order chi connectivity index (χ1) is 8.97. The molecule has 1 heterocycles. The maximum absolute atomic E-state index is 12.0. The van der Waals surface area contributed by atoms with Gasteiger partial charge in [0.1, 0.15) is 0 Å². The maximum Gasteiger partial charge on any atom is 0.255 e. The fourth-order valence-electron chi connectivity index (χ4n) is 1.39. The second kappa shape index (κ2) is 5.77. The lowest BCUT2D eigenvalue weighted by Gasteiger charge is -2.08. The molecule has 0 bridgehead atoms. The third-order valence-corrected chi connectivity index (χ3v) is 3.39. The lowest BCUT2D eigenvalue weighted by atomic mass is 10.2. The molecule has 3 N–H and O–H groups in total. The normalized spacial score (nSPS) is 10.3. The number of halogens is 3. The third kappa shape index (κ3) is 3.37. The Hall–Kier alpha value is -1.30. The van der Waals surface area contributed by atoms with Crippen LogP contribution in [0.15, 0.2) is 34.9 Å². The number of pyridine rings is 1. The molecule has 19 heavy (non-hydrogen) atoms. The van der Waals surface area contributed by atoms with Crippen molar-refractivity contribution < 1.29 is 4.79 Å². The molecular formula is C12H8BrCl2N3O. The number of nitrogens with two attached hydrogens (primary N) is 1. The monoisotopic (exact) mass is 359 g/mol. The number of carbonyl (C=O) groups excluding carboxylic acids is 1. The van der Waals surface area contributed by atoms with Gasteiger partial charge in [0.05, 0.1) is 16.4 Å². The van der Waals surface area contributed by atoms with E-state index in [2.05, 4.69) is 26.2 Å². The Morgan fingerprint density at radius 3 is 2.74 bits per heavy atom. The Bertz CT molecular complexity index is 649. The highest BCUT2D eigenvalue weighted by atomic mass is 79.9. The number of rotatable bonds is 2. The number of aromatic nitrogens is 1. The predicted octanol–water partition coefficient (Wildman–Crippen LogP) is 3.99. The van der Waals surface area contributed by atoms with Crippen LogP contribution in [0.4, 0.5) is 11.4 Å². The van der Waals surface area contributed by atoms with Crippen LogP contribution in [0, 0.1) is 0 Å². The molecule has 0 saturated heterocycles. The first-order valence-electron chi connectivity index (χ1n) is 5.15. The summed E-state index contributed by atoms with van der Waals surface area (Å²) in [7, 11) is 0. The second-order valence-electron chi connectivity index (χ2n) is 3.68. The third-order valence-electron chi connectivity index (χ3n) is 2.31. The summed E-state index contributed by atoms with van der Waals surface area (Å²) in [5.41, 5.74) is 6.79. The van der Waals surface area contributed by atoms with Crippen molar-refractivity contribution in [2.24, 2.45) is 0 Å². The summed E-state index contributed by atoms with van der Waals surface area (Å²) in [5.74, 6) is -0.342. The number of hydrogen-bond donors (Lipinski definition) is 2. The number of amides is 1. The zero-order chi connectivity index (χ0) is 14.0. The van der Waals surface area contributed by atoms with Gasteiger partial charge in [-0.05, 0) is 40.2 Å². The van der Waals surface area contributed by atoms with E-state index in [1.165, 1.54) is 12.3 Å². The van der Waals surface area contributed by atoms with Gasteiger partial charge >= 0.3 is 0 Å². The van der Waals surface area contributed by atoms with Gasteiger partial charge in [-0.2, -0.15) is 0 Å². The Labute approximate surface area is 128 Å². The Morgan fingerprint density at radius 1 is 1.32 bits per heavy atom. The van der Waals surface area contributed by atoms with Crippen molar-refractivity contribution >= 4 is 56.4 Å². The van der Waals surface area contributed by atoms with Crippen molar-refractivity contribution in [1.82, 2.24) is 4.98 Å². The van der Waals surface area contributed by atoms with Gasteiger partial charge in [0, 0.05) is 16.2 Å². The van der Waals surface area contributed by atoms with Crippen LogP contribution in [0.1, 0.15) is 10.4 Å². The predicted molar refractivity (Wildman–Crippen MR) is 80.8 cm³/mol. The number of benzene rings is 1. The minimum atomic E-state index is -0.342. The lowest BCUT2D eigenvalue weighted by molar-refractivity contribution is 0.102. The molecule has 4 nitrogen and oxygen atoms in total. The van der Waals surface area contributed by atoms with Crippen LogP contribution >= 0.6 is 39.1 Å². The fraction of sp³-hybridized carbons (Fsp3) is 0. The Balaban J connectivity index is 2.25. The standard InChI is InChI=1S/C12H8BrCl2N3O/c13-7-4-10(11(15)17-5-7)18-12(19)6-1-2-8(14)9(16)3-6/h1-5H,16H2,(H,18,19). The van der Waals surface area contributed by atoms with E-state index in [-0.39, 0.29) is 11.1 Å². The van der Waals surface area contributed by atoms with Crippen molar-refractivity contribution in [1.29, 1.82) is 0 Å². The van der Waals surface area contributed by atoms with E-state index in [4.69, 9.17) is 28.9 Å². The molecule has 0 atom stereocenters. The summed E-state index contributed by atoms with van der Waals surface area (Å²) < 4.78 is 0.711. The van der Waals surface area contributed by atoms with Crippen LogP contribution in [-0.4, -0.2) is 10.9 Å². The van der Waals surface area contributed by atoms with Gasteiger partial charge in [-0.15, -0.1) is 0 Å². The average Bonchev–Trinajstić information content (AvgIpc) is 2.37. The summed E-state index contributed by atoms with van der Waals surface area (Å²) in [6, 6.07) is 6.30. The van der Waals surface area contributed by atoms with Crippen molar-refractivity contribution in [2.45, 2.75) is 0 Å². The highest BCUT2D eigenvalue weighted by Crippen LogP contribution is 2.24. The first kappa shape index (κ1) is 14.1. The van der Waals surface area contributed by atoms with Gasteiger partial charge in [0.25, 0.3) is 5.91 Å². The minimum absolute atomic E-state index is 0.207. The van der Waals surface area contributed by atoms with E-state index in [1.807, 2.05) is 0 Å². The number of hydrogen-bond acceptors (Lipinski definition) is 3. The lowest BCUT2D eigenvalue weighted by Crippen LogP contribution is -2.13. The molecule has 0 unspecified atom stereocenters. The van der Waals surface area contributed by atoms with Gasteiger partial charge in [0.15, 0.2) is 5.15 Å². The molecule has 0 spiro atoms. The van der Waals surface area contributed by atoms with E-state index in [9.17, 15) is 4.79 Å². The zero-order valence-corrected chi connectivity index (χ0v) is 12.6. The second-order valence-corrected chi connectivity index (χ2v) is 5.36. The van der Waals surface area contributed by atoms with Gasteiger partial charge in [-0.1, -0.05) is 23.2 Å². The molecular weight excluding hydrogens is 353 g/mol. The minimum Gasteiger partial charge on any atom is -0.398 e. The molecule has 0 aliphatic heterocycles. The number of nitrogen functional groups attached to an aromatic ring is 1. The van der Waals surface area contributed by atoms with Gasteiger partial charge in [-0.25, -0.2) is 4.98 Å². The molecule has 2 aromatic rings. The number of anilines is 2. The van der Waals surface area contributed by atoms with Crippen LogP contribution in [-0.2, 0) is 0 Å². The van der Waals surface area contributed by atoms with E-state index in [0.717, 1.165) is 0 Å². The average molecular weight is 361 g/mol. The number of nitrogens with zero attached hydrogens (tertiary/aromatic N) is 1. The highest BCUT2D eigenvalue weighted by Gasteiger charge is 2.11. The smallest absolute Gasteiger partial charge is 0.255 e. The van der Waals surface area contributed by atoms with E-state index < -0.39 is 0 Å². The highest BCUT2D eigenvalue weighted by molar-refractivity contribution is 9.10. The van der Waals surface area contributed by atoms with Crippen molar-refractivity contribution in [3.8, 4) is 0 Å². The van der Waals surface area contributed by atoms with E-state index in [0.29, 0.717) is 26.4 Å². The molecule has 0 aliphatic rings. The number of nitrogens with one attached hydrogen (secondary N) is 1. The SMILES string of the molecule is Nc1cc(C(=O)Nc2cc(Br)cnc2Cl)ccc1Cl. The van der Waals surface area contributed by atoms with Crippen LogP contribution in [0.5, 0.6) is 0 Å². The van der Waals surface area contributed by atoms with Gasteiger partial charge < -0.3 is 11.1 Å². The summed E-state index contributed by atoms with van der Waals surface area (Å²) in [6.45, 7) is 0. The van der Waals surface area contributed by atoms with Gasteiger partial charge in [-0.3, -0.25) is 4.79 Å². The Kier molecular flexibility index (Phi) is 4.29. The van der Waals surface area contributed by atoms with Crippen LogP contribution in [0.25, 0.3) is 0 Å². The maximum atomic E-state index is 12.0. The molecule has 2 rings (SSSR count). The summed E-state index contributed by atoms with van der Waals surface area (Å²) in [4.78, 5) is 15.9. The summed E-state index contributed by atoms with van der Waals surface area (Å²) >= 11 is 14.9. The molecule has 1 aromatic heterocycles. The molecule has 0 radical (unpaired) electrons. The zero-order valence-electron chi connectivity index (χ0n) is 9.45. The van der Waals surface area contributed by atoms with Crippen LogP contribution in [0.2, 0.25) is 10.2 Å². The Morgan fingerprint density at radius 2 is 2.05 bits per heavy atom. The molecule has 0 saturated carbocycles. The topological polar surface area (TPSA) is 68.0 Å². The van der Waals surface area contributed by atoms with Crippen molar-refractivity contribution in [3.63, 3.8) is 0 Å². The molecule has 0 aliphatic carbocycles. The van der Waals surface area contributed by atoms with Gasteiger partial charge in [0.2, 0.25) is 0 Å². The van der Waals surface area contributed by atoms with Crippen LogP contribution in [0.3, 0.4) is 0 Å². The molecule has 1 amide bonds. The van der Waals surface area contributed by atoms with Crippen molar-refractivity contribution in [3.05, 3.63) is 50.7 Å².